The molecule has 0 saturated carbocycles. The van der Waals surface area contributed by atoms with Gasteiger partial charge in [0.25, 0.3) is 5.91 Å². The van der Waals surface area contributed by atoms with Crippen molar-refractivity contribution in [2.24, 2.45) is 5.73 Å². The van der Waals surface area contributed by atoms with Crippen LogP contribution in [-0.2, 0) is 0 Å². The number of rotatable bonds is 4. The average Bonchev–Trinajstić information content (AvgIpc) is 3.30. The molecule has 0 spiro atoms. The van der Waals surface area contributed by atoms with Gasteiger partial charge in [-0.1, -0.05) is 48.0 Å². The highest BCUT2D eigenvalue weighted by Crippen LogP contribution is 2.23. The van der Waals surface area contributed by atoms with Gasteiger partial charge in [0, 0.05) is 24.2 Å². The van der Waals surface area contributed by atoms with Crippen LogP contribution >= 0.6 is 11.6 Å². The molecule has 0 radical (unpaired) electrons. The Bertz CT molecular complexity index is 1100. The monoisotopic (exact) mass is 420 g/mol. The zero-order valence-electron chi connectivity index (χ0n) is 17.2. The molecule has 1 aliphatic heterocycles. The van der Waals surface area contributed by atoms with Crippen molar-refractivity contribution in [2.45, 2.75) is 26.3 Å². The molecular formula is C24H25ClN4O. The first-order chi connectivity index (χ1) is 14.4. The number of carbonyl (C=O) groups is 1. The number of amides is 1. The van der Waals surface area contributed by atoms with Gasteiger partial charge < -0.3 is 10.6 Å². The topological polar surface area (TPSA) is 64.2 Å². The van der Waals surface area contributed by atoms with E-state index in [1.165, 1.54) is 0 Å². The molecule has 1 fully saturated rings. The number of aromatic nitrogens is 2. The van der Waals surface area contributed by atoms with E-state index >= 15 is 0 Å². The number of nitrogens with two attached hydrogens (primary N) is 1. The van der Waals surface area contributed by atoms with Gasteiger partial charge in [0.05, 0.1) is 22.6 Å². The summed E-state index contributed by atoms with van der Waals surface area (Å²) in [5.41, 5.74) is 11.3. The molecule has 5 nitrogen and oxygen atoms in total. The number of halogens is 1. The molecule has 154 valence electrons. The summed E-state index contributed by atoms with van der Waals surface area (Å²) in [6.45, 7) is 5.14. The third-order valence-electron chi connectivity index (χ3n) is 5.47. The summed E-state index contributed by atoms with van der Waals surface area (Å²) in [4.78, 5) is 14.9. The Hall–Kier alpha value is -2.89. The highest BCUT2D eigenvalue weighted by Gasteiger charge is 2.28. The minimum atomic E-state index is 0.0167. The van der Waals surface area contributed by atoms with Crippen molar-refractivity contribution in [1.82, 2.24) is 14.7 Å². The first-order valence-corrected chi connectivity index (χ1v) is 10.5. The second-order valence-corrected chi connectivity index (χ2v) is 8.17. The standard InChI is InChI=1S/C24H25ClN4O/c1-16-23(24(30)28-13-12-21(26)15-28)17(2)29(27-16)22-5-3-4-19(14-22)7-6-18-8-10-20(25)11-9-18/h3-11,14,21H,12-13,15,26H2,1-2H3/b7-6+. The number of aryl methyl sites for hydroxylation is 1. The van der Waals surface area contributed by atoms with Crippen LogP contribution < -0.4 is 5.73 Å². The van der Waals surface area contributed by atoms with E-state index in [0.717, 1.165) is 39.6 Å². The van der Waals surface area contributed by atoms with E-state index in [2.05, 4.69) is 17.2 Å². The number of likely N-dealkylation sites (tertiary alicyclic amines) is 1. The van der Waals surface area contributed by atoms with Crippen LogP contribution in [0.15, 0.2) is 48.5 Å². The summed E-state index contributed by atoms with van der Waals surface area (Å²) in [7, 11) is 0. The predicted octanol–water partition coefficient (Wildman–Crippen LogP) is 4.49. The lowest BCUT2D eigenvalue weighted by Gasteiger charge is -2.16. The zero-order valence-corrected chi connectivity index (χ0v) is 17.9. The fourth-order valence-electron chi connectivity index (χ4n) is 3.86. The lowest BCUT2D eigenvalue weighted by molar-refractivity contribution is 0.0789. The first kappa shape index (κ1) is 20.4. The summed E-state index contributed by atoms with van der Waals surface area (Å²) < 4.78 is 1.85. The number of hydrogen-bond acceptors (Lipinski definition) is 3. The molecule has 1 aliphatic rings. The minimum absolute atomic E-state index is 0.0167. The second-order valence-electron chi connectivity index (χ2n) is 7.74. The van der Waals surface area contributed by atoms with Crippen LogP contribution in [0.25, 0.3) is 17.8 Å². The second kappa shape index (κ2) is 8.46. The van der Waals surface area contributed by atoms with Crippen molar-refractivity contribution < 1.29 is 4.79 Å². The molecule has 0 bridgehead atoms. The van der Waals surface area contributed by atoms with Crippen LogP contribution in [0, 0.1) is 13.8 Å². The number of hydrogen-bond donors (Lipinski definition) is 1. The molecule has 2 heterocycles. The molecule has 1 saturated heterocycles. The van der Waals surface area contributed by atoms with Gasteiger partial charge in [-0.3, -0.25) is 4.79 Å². The lowest BCUT2D eigenvalue weighted by Crippen LogP contribution is -2.32. The summed E-state index contributed by atoms with van der Waals surface area (Å²) in [5, 5.41) is 5.38. The van der Waals surface area contributed by atoms with Gasteiger partial charge in [0.15, 0.2) is 0 Å². The van der Waals surface area contributed by atoms with E-state index in [-0.39, 0.29) is 11.9 Å². The Morgan fingerprint density at radius 2 is 1.87 bits per heavy atom. The van der Waals surface area contributed by atoms with E-state index in [9.17, 15) is 4.79 Å². The Labute approximate surface area is 181 Å². The van der Waals surface area contributed by atoms with Crippen molar-refractivity contribution in [3.05, 3.63) is 81.6 Å². The lowest BCUT2D eigenvalue weighted by atomic mass is 10.1. The molecular weight excluding hydrogens is 396 g/mol. The molecule has 4 rings (SSSR count). The number of nitrogens with zero attached hydrogens (tertiary/aromatic N) is 3. The molecule has 30 heavy (non-hydrogen) atoms. The molecule has 6 heteroatoms. The third-order valence-corrected chi connectivity index (χ3v) is 5.72. The number of carbonyl (C=O) groups excluding carboxylic acids is 1. The van der Waals surface area contributed by atoms with Crippen molar-refractivity contribution in [3.8, 4) is 5.69 Å². The zero-order chi connectivity index (χ0) is 21.3. The average molecular weight is 421 g/mol. The van der Waals surface area contributed by atoms with Crippen LogP contribution in [0.5, 0.6) is 0 Å². The SMILES string of the molecule is Cc1nn(-c2cccc(/C=C/c3ccc(Cl)cc3)c2)c(C)c1C(=O)N1CCC(N)C1. The molecule has 2 N–H and O–H groups in total. The Morgan fingerprint density at radius 3 is 2.57 bits per heavy atom. The Balaban J connectivity index is 1.61. The normalized spacial score (nSPS) is 16.5. The van der Waals surface area contributed by atoms with Gasteiger partial charge in [0.2, 0.25) is 0 Å². The van der Waals surface area contributed by atoms with Crippen molar-refractivity contribution in [2.75, 3.05) is 13.1 Å². The smallest absolute Gasteiger partial charge is 0.257 e. The van der Waals surface area contributed by atoms with Crippen molar-refractivity contribution in [1.29, 1.82) is 0 Å². The van der Waals surface area contributed by atoms with E-state index in [1.54, 1.807) is 0 Å². The van der Waals surface area contributed by atoms with E-state index in [4.69, 9.17) is 17.3 Å². The molecule has 1 aromatic heterocycles. The van der Waals surface area contributed by atoms with Crippen molar-refractivity contribution >= 4 is 29.7 Å². The highest BCUT2D eigenvalue weighted by molar-refractivity contribution is 6.30. The van der Waals surface area contributed by atoms with Gasteiger partial charge in [-0.15, -0.1) is 0 Å². The van der Waals surface area contributed by atoms with Gasteiger partial charge in [-0.25, -0.2) is 4.68 Å². The maximum atomic E-state index is 13.0. The van der Waals surface area contributed by atoms with Gasteiger partial charge in [-0.05, 0) is 55.7 Å². The number of benzene rings is 2. The van der Waals surface area contributed by atoms with Gasteiger partial charge in [0.1, 0.15) is 0 Å². The summed E-state index contributed by atoms with van der Waals surface area (Å²) >= 11 is 5.95. The Morgan fingerprint density at radius 1 is 1.13 bits per heavy atom. The quantitative estimate of drug-likeness (QED) is 0.632. The van der Waals surface area contributed by atoms with Crippen LogP contribution in [-0.4, -0.2) is 39.7 Å². The van der Waals surface area contributed by atoms with Crippen molar-refractivity contribution in [3.63, 3.8) is 0 Å². The van der Waals surface area contributed by atoms with Gasteiger partial charge in [-0.2, -0.15) is 5.10 Å². The first-order valence-electron chi connectivity index (χ1n) is 10.1. The fraction of sp³-hybridized carbons (Fsp3) is 0.250. The molecule has 1 amide bonds. The molecule has 1 atom stereocenters. The summed E-state index contributed by atoms with van der Waals surface area (Å²) in [6, 6.07) is 15.9. The molecule has 3 aromatic rings. The van der Waals surface area contributed by atoms with Crippen LogP contribution in [0.2, 0.25) is 5.02 Å². The largest absolute Gasteiger partial charge is 0.337 e. The molecule has 0 aliphatic carbocycles. The van der Waals surface area contributed by atoms with E-state index < -0.39 is 0 Å². The summed E-state index contributed by atoms with van der Waals surface area (Å²) in [6.07, 6.45) is 4.94. The van der Waals surface area contributed by atoms with Crippen LogP contribution in [0.3, 0.4) is 0 Å². The predicted molar refractivity (Wildman–Crippen MR) is 122 cm³/mol. The highest BCUT2D eigenvalue weighted by atomic mass is 35.5. The maximum Gasteiger partial charge on any atom is 0.257 e. The van der Waals surface area contributed by atoms with E-state index in [0.29, 0.717) is 18.7 Å². The van der Waals surface area contributed by atoms with E-state index in [1.807, 2.05) is 72.0 Å². The molecule has 2 aromatic carbocycles. The van der Waals surface area contributed by atoms with Crippen LogP contribution in [0.1, 0.15) is 39.3 Å². The summed E-state index contributed by atoms with van der Waals surface area (Å²) in [5.74, 6) is 0.0167. The molecule has 1 unspecified atom stereocenters. The van der Waals surface area contributed by atoms with Crippen LogP contribution in [0.4, 0.5) is 0 Å². The Kier molecular flexibility index (Phi) is 5.75. The van der Waals surface area contributed by atoms with Gasteiger partial charge >= 0.3 is 0 Å². The minimum Gasteiger partial charge on any atom is -0.337 e. The maximum absolute atomic E-state index is 13.0. The third kappa shape index (κ3) is 4.18. The fourth-order valence-corrected chi connectivity index (χ4v) is 3.99.